The molecule has 0 saturated heterocycles. The largest absolute Gasteiger partial charge is 0.379 e. The number of nitrogens with one attached hydrogen (secondary N) is 1. The number of rotatable bonds is 4. The lowest BCUT2D eigenvalue weighted by Gasteiger charge is -2.07. The lowest BCUT2D eigenvalue weighted by atomic mass is 10.2. The van der Waals surface area contributed by atoms with Crippen LogP contribution >= 0.6 is 0 Å². The minimum Gasteiger partial charge on any atom is -0.379 e. The maximum atomic E-state index is 12.8. The number of pyridine rings is 3. The van der Waals surface area contributed by atoms with Crippen LogP contribution in [0.15, 0.2) is 61.1 Å². The van der Waals surface area contributed by atoms with Crippen molar-refractivity contribution < 1.29 is 4.39 Å². The number of anilines is 1. The zero-order valence-electron chi connectivity index (χ0n) is 11.2. The lowest BCUT2D eigenvalue weighted by molar-refractivity contribution is 0.619. The molecule has 0 fully saturated rings. The molecule has 0 aliphatic rings. The minimum absolute atomic E-state index is 0.333. The van der Waals surface area contributed by atoms with Crippen molar-refractivity contribution in [3.05, 3.63) is 72.6 Å². The molecule has 0 radical (unpaired) electrons. The molecule has 3 rings (SSSR count). The maximum absolute atomic E-state index is 12.8. The monoisotopic (exact) mass is 280 g/mol. The van der Waals surface area contributed by atoms with Crippen LogP contribution in [-0.2, 0) is 6.54 Å². The Morgan fingerprint density at radius 3 is 2.57 bits per heavy atom. The molecule has 3 aromatic rings. The Balaban J connectivity index is 1.73. The first-order chi connectivity index (χ1) is 10.3. The molecule has 0 aliphatic heterocycles. The highest BCUT2D eigenvalue weighted by Crippen LogP contribution is 2.18. The predicted octanol–water partition coefficient (Wildman–Crippen LogP) is 3.29. The van der Waals surface area contributed by atoms with Gasteiger partial charge < -0.3 is 5.32 Å². The van der Waals surface area contributed by atoms with Crippen molar-refractivity contribution in [3.8, 4) is 11.4 Å². The van der Waals surface area contributed by atoms with Crippen LogP contribution in [0.1, 0.15) is 5.69 Å². The Kier molecular flexibility index (Phi) is 3.82. The summed E-state index contributed by atoms with van der Waals surface area (Å²) in [5, 5.41) is 3.24. The van der Waals surface area contributed by atoms with Crippen LogP contribution in [0.2, 0.25) is 0 Å². The molecule has 3 aromatic heterocycles. The van der Waals surface area contributed by atoms with Gasteiger partial charge in [-0.25, -0.2) is 4.39 Å². The van der Waals surface area contributed by atoms with Gasteiger partial charge in [0, 0.05) is 18.1 Å². The highest BCUT2D eigenvalue weighted by atomic mass is 19.1. The van der Waals surface area contributed by atoms with Crippen LogP contribution in [0.25, 0.3) is 11.4 Å². The van der Waals surface area contributed by atoms with Crippen LogP contribution in [-0.4, -0.2) is 15.0 Å². The molecule has 5 heteroatoms. The van der Waals surface area contributed by atoms with E-state index in [0.717, 1.165) is 22.8 Å². The third-order valence-electron chi connectivity index (χ3n) is 2.95. The summed E-state index contributed by atoms with van der Waals surface area (Å²) < 4.78 is 12.8. The standard InChI is InChI=1S/C16H13FN4/c17-12-4-5-14(20-10-12)11-21-13-6-8-19-16(9-13)15-3-1-2-7-18-15/h1-10H,11H2,(H,19,21). The second-order valence-electron chi connectivity index (χ2n) is 4.47. The van der Waals surface area contributed by atoms with Gasteiger partial charge in [-0.1, -0.05) is 6.07 Å². The molecule has 4 nitrogen and oxygen atoms in total. The van der Waals surface area contributed by atoms with Gasteiger partial charge in [0.2, 0.25) is 0 Å². The summed E-state index contributed by atoms with van der Waals surface area (Å²) >= 11 is 0. The van der Waals surface area contributed by atoms with Gasteiger partial charge in [-0.05, 0) is 36.4 Å². The predicted molar refractivity (Wildman–Crippen MR) is 79.0 cm³/mol. The van der Waals surface area contributed by atoms with E-state index in [2.05, 4.69) is 20.3 Å². The van der Waals surface area contributed by atoms with E-state index in [9.17, 15) is 4.39 Å². The Morgan fingerprint density at radius 1 is 0.905 bits per heavy atom. The number of nitrogens with zero attached hydrogens (tertiary/aromatic N) is 3. The molecule has 0 aliphatic carbocycles. The van der Waals surface area contributed by atoms with Gasteiger partial charge >= 0.3 is 0 Å². The van der Waals surface area contributed by atoms with Crippen molar-refractivity contribution in [2.45, 2.75) is 6.54 Å². The van der Waals surface area contributed by atoms with Gasteiger partial charge in [-0.3, -0.25) is 15.0 Å². The summed E-state index contributed by atoms with van der Waals surface area (Å²) in [7, 11) is 0. The Bertz CT molecular complexity index is 714. The molecule has 3 heterocycles. The van der Waals surface area contributed by atoms with Crippen LogP contribution in [0.5, 0.6) is 0 Å². The molecule has 0 amide bonds. The first-order valence-corrected chi connectivity index (χ1v) is 6.53. The second kappa shape index (κ2) is 6.09. The molecule has 0 atom stereocenters. The molecule has 1 N–H and O–H groups in total. The number of hydrogen-bond acceptors (Lipinski definition) is 4. The lowest BCUT2D eigenvalue weighted by Crippen LogP contribution is -2.02. The van der Waals surface area contributed by atoms with Crippen molar-refractivity contribution in [1.82, 2.24) is 15.0 Å². The Morgan fingerprint density at radius 2 is 1.81 bits per heavy atom. The number of hydrogen-bond donors (Lipinski definition) is 1. The first-order valence-electron chi connectivity index (χ1n) is 6.53. The Hall–Kier alpha value is -2.82. The zero-order valence-corrected chi connectivity index (χ0v) is 11.2. The van der Waals surface area contributed by atoms with E-state index < -0.39 is 0 Å². The van der Waals surface area contributed by atoms with E-state index in [1.54, 1.807) is 18.5 Å². The van der Waals surface area contributed by atoms with E-state index in [1.807, 2.05) is 30.3 Å². The highest BCUT2D eigenvalue weighted by molar-refractivity contribution is 5.60. The molecule has 21 heavy (non-hydrogen) atoms. The molecule has 0 saturated carbocycles. The normalized spacial score (nSPS) is 10.3. The van der Waals surface area contributed by atoms with Crippen molar-refractivity contribution in [1.29, 1.82) is 0 Å². The number of aromatic nitrogens is 3. The fourth-order valence-corrected chi connectivity index (χ4v) is 1.90. The summed E-state index contributed by atoms with van der Waals surface area (Å²) in [6.45, 7) is 0.520. The smallest absolute Gasteiger partial charge is 0.141 e. The van der Waals surface area contributed by atoms with Crippen LogP contribution < -0.4 is 5.32 Å². The van der Waals surface area contributed by atoms with Crippen LogP contribution in [0, 0.1) is 5.82 Å². The van der Waals surface area contributed by atoms with Crippen molar-refractivity contribution >= 4 is 5.69 Å². The average Bonchev–Trinajstić information content (AvgIpc) is 2.55. The van der Waals surface area contributed by atoms with Crippen molar-refractivity contribution in [2.24, 2.45) is 0 Å². The molecular formula is C16H13FN4. The molecule has 0 aromatic carbocycles. The fraction of sp³-hybridized carbons (Fsp3) is 0.0625. The molecule has 104 valence electrons. The van der Waals surface area contributed by atoms with Gasteiger partial charge in [0.25, 0.3) is 0 Å². The molecule has 0 spiro atoms. The van der Waals surface area contributed by atoms with Gasteiger partial charge in [-0.15, -0.1) is 0 Å². The van der Waals surface area contributed by atoms with Crippen LogP contribution in [0.4, 0.5) is 10.1 Å². The van der Waals surface area contributed by atoms with Gasteiger partial charge in [-0.2, -0.15) is 0 Å². The number of halogens is 1. The van der Waals surface area contributed by atoms with Gasteiger partial charge in [0.15, 0.2) is 0 Å². The van der Waals surface area contributed by atoms with E-state index in [4.69, 9.17) is 0 Å². The maximum Gasteiger partial charge on any atom is 0.141 e. The summed E-state index contributed by atoms with van der Waals surface area (Å²) in [5.41, 5.74) is 3.30. The minimum atomic E-state index is -0.333. The first kappa shape index (κ1) is 13.2. The van der Waals surface area contributed by atoms with E-state index in [1.165, 1.54) is 12.3 Å². The van der Waals surface area contributed by atoms with E-state index in [0.29, 0.717) is 6.54 Å². The quantitative estimate of drug-likeness (QED) is 0.796. The van der Waals surface area contributed by atoms with Gasteiger partial charge in [0.1, 0.15) is 5.82 Å². The van der Waals surface area contributed by atoms with Gasteiger partial charge in [0.05, 0.1) is 29.8 Å². The highest BCUT2D eigenvalue weighted by Gasteiger charge is 2.02. The van der Waals surface area contributed by atoms with Crippen LogP contribution in [0.3, 0.4) is 0 Å². The summed E-state index contributed by atoms with van der Waals surface area (Å²) in [5.74, 6) is -0.333. The second-order valence-corrected chi connectivity index (χ2v) is 4.47. The average molecular weight is 280 g/mol. The molecular weight excluding hydrogens is 267 g/mol. The zero-order chi connectivity index (χ0) is 14.5. The van der Waals surface area contributed by atoms with Crippen molar-refractivity contribution in [2.75, 3.05) is 5.32 Å². The third kappa shape index (κ3) is 3.39. The topological polar surface area (TPSA) is 50.7 Å². The third-order valence-corrected chi connectivity index (χ3v) is 2.95. The fourth-order valence-electron chi connectivity index (χ4n) is 1.90. The van der Waals surface area contributed by atoms with E-state index >= 15 is 0 Å². The summed E-state index contributed by atoms with van der Waals surface area (Å²) in [4.78, 5) is 12.6. The summed E-state index contributed by atoms with van der Waals surface area (Å²) in [6.07, 6.45) is 4.67. The Labute approximate surface area is 121 Å². The van der Waals surface area contributed by atoms with Crippen molar-refractivity contribution in [3.63, 3.8) is 0 Å². The molecule has 0 unspecified atom stereocenters. The molecule has 0 bridgehead atoms. The summed E-state index contributed by atoms with van der Waals surface area (Å²) in [6, 6.07) is 12.5. The van der Waals surface area contributed by atoms with E-state index in [-0.39, 0.29) is 5.82 Å². The SMILES string of the molecule is Fc1ccc(CNc2ccnc(-c3ccccn3)c2)nc1.